The fourth-order valence-corrected chi connectivity index (χ4v) is 3.40. The van der Waals surface area contributed by atoms with E-state index in [0.29, 0.717) is 0 Å². The van der Waals surface area contributed by atoms with Gasteiger partial charge in [0.15, 0.2) is 5.82 Å². The summed E-state index contributed by atoms with van der Waals surface area (Å²) in [6.07, 6.45) is 8.43. The second kappa shape index (κ2) is 6.69. The summed E-state index contributed by atoms with van der Waals surface area (Å²) in [7, 11) is 0. The fourth-order valence-electron chi connectivity index (χ4n) is 3.40. The summed E-state index contributed by atoms with van der Waals surface area (Å²) < 4.78 is 15.1. The lowest BCUT2D eigenvalue weighted by atomic mass is 9.94. The van der Waals surface area contributed by atoms with Crippen LogP contribution in [0, 0.1) is 12.0 Å². The molecule has 0 bridgehead atoms. The van der Waals surface area contributed by atoms with Crippen LogP contribution in [-0.2, 0) is 0 Å². The van der Waals surface area contributed by atoms with E-state index in [0.717, 1.165) is 29.9 Å². The van der Waals surface area contributed by atoms with Crippen molar-refractivity contribution in [2.24, 2.45) is 0 Å². The van der Waals surface area contributed by atoms with Gasteiger partial charge in [0, 0.05) is 12.1 Å². The highest BCUT2D eigenvalue weighted by atomic mass is 19.1. The number of fused-ring (bicyclic) bond motifs is 1. The zero-order valence-corrected chi connectivity index (χ0v) is 13.5. The largest absolute Gasteiger partial charge is 0.303 e. The smallest absolute Gasteiger partial charge is 0.157 e. The van der Waals surface area contributed by atoms with Gasteiger partial charge in [-0.2, -0.15) is 5.10 Å². The summed E-state index contributed by atoms with van der Waals surface area (Å²) in [5.74, 6) is 0.573. The van der Waals surface area contributed by atoms with Crippen LogP contribution in [0.2, 0.25) is 0 Å². The number of aromatic nitrogens is 3. The minimum absolute atomic E-state index is 0.0502. The molecule has 1 unspecified atom stereocenters. The molecule has 5 heteroatoms. The van der Waals surface area contributed by atoms with Crippen molar-refractivity contribution < 1.29 is 4.39 Å². The number of nitrogens with zero attached hydrogens (tertiary/aromatic N) is 4. The highest BCUT2D eigenvalue weighted by Gasteiger charge is 2.21. The number of halogens is 1. The Balaban J connectivity index is 1.63. The standard InChI is InChI=1S/C19H20FN4/c20-16-7-5-15(6-8-16)18(9-13-23-10-1-2-11-23)19-21-14-17-4-3-12-24(17)22-19/h3-8,12,18H,1-2,9-11,13H2. The van der Waals surface area contributed by atoms with Crippen molar-refractivity contribution in [3.8, 4) is 0 Å². The quantitative estimate of drug-likeness (QED) is 0.722. The molecule has 123 valence electrons. The summed E-state index contributed by atoms with van der Waals surface area (Å²) in [4.78, 5) is 6.93. The lowest BCUT2D eigenvalue weighted by molar-refractivity contribution is 0.325. The maximum absolute atomic E-state index is 13.3. The molecule has 1 aliphatic heterocycles. The van der Waals surface area contributed by atoms with Gasteiger partial charge in [-0.15, -0.1) is 0 Å². The van der Waals surface area contributed by atoms with Crippen LogP contribution in [0.5, 0.6) is 0 Å². The van der Waals surface area contributed by atoms with Gasteiger partial charge in [0.05, 0.1) is 5.52 Å². The summed E-state index contributed by atoms with van der Waals surface area (Å²) in [5, 5.41) is 4.64. The van der Waals surface area contributed by atoms with E-state index in [-0.39, 0.29) is 11.7 Å². The number of hydrogen-bond donors (Lipinski definition) is 0. The summed E-state index contributed by atoms with van der Waals surface area (Å²) in [6.45, 7) is 3.34. The Morgan fingerprint density at radius 2 is 1.92 bits per heavy atom. The minimum Gasteiger partial charge on any atom is -0.303 e. The third kappa shape index (κ3) is 3.17. The van der Waals surface area contributed by atoms with Gasteiger partial charge in [-0.3, -0.25) is 0 Å². The van der Waals surface area contributed by atoms with Crippen LogP contribution in [0.3, 0.4) is 0 Å². The molecule has 3 aromatic rings. The minimum atomic E-state index is -0.217. The Bertz CT molecular complexity index is 806. The average Bonchev–Trinajstić information content (AvgIpc) is 3.27. The summed E-state index contributed by atoms with van der Waals surface area (Å²) in [6, 6.07) is 10.6. The maximum Gasteiger partial charge on any atom is 0.157 e. The van der Waals surface area contributed by atoms with Crippen molar-refractivity contribution in [2.75, 3.05) is 19.6 Å². The Hall–Kier alpha value is -2.27. The van der Waals surface area contributed by atoms with E-state index in [1.54, 1.807) is 4.52 Å². The molecule has 1 radical (unpaired) electrons. The van der Waals surface area contributed by atoms with Crippen molar-refractivity contribution in [1.29, 1.82) is 0 Å². The molecule has 1 saturated heterocycles. The first-order valence-electron chi connectivity index (χ1n) is 8.50. The van der Waals surface area contributed by atoms with Crippen molar-refractivity contribution in [2.45, 2.75) is 25.2 Å². The predicted octanol–water partition coefficient (Wildman–Crippen LogP) is 3.29. The topological polar surface area (TPSA) is 33.4 Å². The van der Waals surface area contributed by atoms with E-state index in [2.05, 4.69) is 21.2 Å². The molecule has 1 aliphatic rings. The molecule has 1 atom stereocenters. The molecule has 0 saturated carbocycles. The average molecular weight is 323 g/mol. The van der Waals surface area contributed by atoms with E-state index in [1.807, 2.05) is 30.5 Å². The molecule has 4 rings (SSSR count). The Kier molecular flexibility index (Phi) is 4.26. The molecule has 3 heterocycles. The highest BCUT2D eigenvalue weighted by Crippen LogP contribution is 2.26. The van der Waals surface area contributed by atoms with Crippen molar-refractivity contribution in [3.05, 3.63) is 66.0 Å². The summed E-state index contributed by atoms with van der Waals surface area (Å²) in [5.41, 5.74) is 1.91. The second-order valence-electron chi connectivity index (χ2n) is 6.36. The molecule has 1 aromatic carbocycles. The number of hydrogen-bond acceptors (Lipinski definition) is 3. The molecule has 0 aliphatic carbocycles. The van der Waals surface area contributed by atoms with Crippen LogP contribution in [0.15, 0.2) is 42.6 Å². The van der Waals surface area contributed by atoms with E-state index in [4.69, 9.17) is 0 Å². The molecule has 0 amide bonds. The zero-order valence-electron chi connectivity index (χ0n) is 13.5. The van der Waals surface area contributed by atoms with Crippen molar-refractivity contribution in [1.82, 2.24) is 19.5 Å². The van der Waals surface area contributed by atoms with Crippen LogP contribution in [0.1, 0.15) is 36.6 Å². The zero-order chi connectivity index (χ0) is 16.4. The Morgan fingerprint density at radius 3 is 2.71 bits per heavy atom. The van der Waals surface area contributed by atoms with Gasteiger partial charge in [0.2, 0.25) is 0 Å². The highest BCUT2D eigenvalue weighted by molar-refractivity contribution is 5.42. The van der Waals surface area contributed by atoms with Gasteiger partial charge in [0.25, 0.3) is 0 Å². The molecule has 0 N–H and O–H groups in total. The monoisotopic (exact) mass is 323 g/mol. The predicted molar refractivity (Wildman–Crippen MR) is 90.4 cm³/mol. The first kappa shape index (κ1) is 15.3. The SMILES string of the molecule is Fc1ccc(C(CCN2CCCC2)c2n[c]c3cccn3n2)cc1. The first-order chi connectivity index (χ1) is 11.8. The van der Waals surface area contributed by atoms with Gasteiger partial charge in [-0.05, 0) is 68.7 Å². The van der Waals surface area contributed by atoms with Crippen LogP contribution in [0.25, 0.3) is 5.52 Å². The third-order valence-corrected chi connectivity index (χ3v) is 4.74. The number of benzene rings is 1. The summed E-state index contributed by atoms with van der Waals surface area (Å²) >= 11 is 0. The number of likely N-dealkylation sites (tertiary alicyclic amines) is 1. The van der Waals surface area contributed by atoms with Crippen molar-refractivity contribution in [3.63, 3.8) is 0 Å². The van der Waals surface area contributed by atoms with E-state index < -0.39 is 0 Å². The van der Waals surface area contributed by atoms with Gasteiger partial charge < -0.3 is 4.90 Å². The molecule has 1 fully saturated rings. The Labute approximate surface area is 140 Å². The van der Waals surface area contributed by atoms with Gasteiger partial charge in [-0.25, -0.2) is 13.9 Å². The van der Waals surface area contributed by atoms with Gasteiger partial charge in [-0.1, -0.05) is 12.1 Å². The van der Waals surface area contributed by atoms with Gasteiger partial charge >= 0.3 is 0 Å². The first-order valence-corrected chi connectivity index (χ1v) is 8.50. The molecular weight excluding hydrogens is 303 g/mol. The fraction of sp³-hybridized carbons (Fsp3) is 0.368. The van der Waals surface area contributed by atoms with Crippen LogP contribution in [0.4, 0.5) is 4.39 Å². The van der Waals surface area contributed by atoms with E-state index >= 15 is 0 Å². The molecule has 24 heavy (non-hydrogen) atoms. The normalized spacial score (nSPS) is 16.7. The molecule has 0 spiro atoms. The van der Waals surface area contributed by atoms with E-state index in [9.17, 15) is 4.39 Å². The third-order valence-electron chi connectivity index (χ3n) is 4.74. The lowest BCUT2D eigenvalue weighted by Crippen LogP contribution is -2.23. The van der Waals surface area contributed by atoms with Gasteiger partial charge in [0.1, 0.15) is 12.0 Å². The van der Waals surface area contributed by atoms with Crippen molar-refractivity contribution >= 4 is 5.52 Å². The molecular formula is C19H20FN4. The Morgan fingerprint density at radius 1 is 1.12 bits per heavy atom. The van der Waals surface area contributed by atoms with Crippen LogP contribution >= 0.6 is 0 Å². The van der Waals surface area contributed by atoms with Crippen LogP contribution < -0.4 is 0 Å². The van der Waals surface area contributed by atoms with E-state index in [1.165, 1.54) is 38.1 Å². The van der Waals surface area contributed by atoms with Crippen LogP contribution in [-0.4, -0.2) is 39.1 Å². The maximum atomic E-state index is 13.3. The second-order valence-corrected chi connectivity index (χ2v) is 6.36. The molecule has 2 aromatic heterocycles. The number of rotatable bonds is 5. The molecule has 4 nitrogen and oxygen atoms in total. The lowest BCUT2D eigenvalue weighted by Gasteiger charge is -2.20.